The Bertz CT molecular complexity index is 763. The molecule has 0 unspecified atom stereocenters. The Hall–Kier alpha value is -2.61. The van der Waals surface area contributed by atoms with Gasteiger partial charge in [-0.05, 0) is 39.0 Å². The highest BCUT2D eigenvalue weighted by Gasteiger charge is 2.21. The van der Waals surface area contributed by atoms with Crippen molar-refractivity contribution in [1.29, 1.82) is 0 Å². The molecule has 27 heavy (non-hydrogen) atoms. The van der Waals surface area contributed by atoms with Gasteiger partial charge in [-0.3, -0.25) is 0 Å². The maximum atomic E-state index is 11.6. The zero-order valence-electron chi connectivity index (χ0n) is 15.3. The van der Waals surface area contributed by atoms with Crippen molar-refractivity contribution in [2.24, 2.45) is 9.98 Å². The van der Waals surface area contributed by atoms with Gasteiger partial charge in [0.15, 0.2) is 0 Å². The Balaban J connectivity index is 1.81. The third-order valence-corrected chi connectivity index (χ3v) is 3.72. The van der Waals surface area contributed by atoms with Crippen LogP contribution in [-0.4, -0.2) is 60.1 Å². The van der Waals surface area contributed by atoms with Crippen molar-refractivity contribution in [3.8, 4) is 5.75 Å². The van der Waals surface area contributed by atoms with Gasteiger partial charge in [-0.2, -0.15) is 0 Å². The average Bonchev–Trinajstić information content (AvgIpc) is 2.56. The molecule has 1 aromatic carbocycles. The normalized spacial score (nSPS) is 14.9. The fraction of sp³-hybridized carbons (Fsp3) is 0.471. The molecule has 0 atom stereocenters. The number of rotatable bonds is 2. The van der Waals surface area contributed by atoms with Crippen LogP contribution < -0.4 is 4.90 Å². The Morgan fingerprint density at radius 1 is 1.15 bits per heavy atom. The minimum Gasteiger partial charge on any atom is -0.506 e. The van der Waals surface area contributed by atoms with E-state index < -0.39 is 17.8 Å². The fourth-order valence-corrected chi connectivity index (χ4v) is 2.43. The summed E-state index contributed by atoms with van der Waals surface area (Å²) in [5.41, 5.74) is 0.177. The lowest BCUT2D eigenvalue weighted by Crippen LogP contribution is -2.46. The lowest BCUT2D eigenvalue weighted by Gasteiger charge is -2.34. The van der Waals surface area contributed by atoms with Gasteiger partial charge in [0.1, 0.15) is 17.4 Å². The number of hydroxylamine groups is 2. The van der Waals surface area contributed by atoms with Crippen molar-refractivity contribution in [2.75, 3.05) is 31.1 Å². The summed E-state index contributed by atoms with van der Waals surface area (Å²) in [6.45, 7) is 7.15. The van der Waals surface area contributed by atoms with E-state index in [0.29, 0.717) is 26.2 Å². The molecule has 0 aliphatic carbocycles. The highest BCUT2D eigenvalue weighted by molar-refractivity contribution is 6.32. The molecule has 0 aromatic heterocycles. The zero-order chi connectivity index (χ0) is 20.0. The molecule has 146 valence electrons. The second kappa shape index (κ2) is 8.85. The first kappa shape index (κ1) is 20.7. The van der Waals surface area contributed by atoms with Crippen molar-refractivity contribution in [1.82, 2.24) is 5.06 Å². The van der Waals surface area contributed by atoms with E-state index in [0.717, 1.165) is 5.69 Å². The Labute approximate surface area is 161 Å². The number of hydrogen-bond acceptors (Lipinski definition) is 7. The first-order chi connectivity index (χ1) is 12.6. The molecule has 2 rings (SSSR count). The number of anilines is 1. The number of hydrogen-bond donors (Lipinski definition) is 1. The van der Waals surface area contributed by atoms with Crippen LogP contribution in [0.3, 0.4) is 0 Å². The number of amides is 2. The van der Waals surface area contributed by atoms with E-state index in [9.17, 15) is 14.7 Å². The van der Waals surface area contributed by atoms with Crippen molar-refractivity contribution in [3.05, 3.63) is 23.2 Å². The molecule has 0 spiro atoms. The first-order valence-electron chi connectivity index (χ1n) is 8.24. The number of piperazine rings is 1. The summed E-state index contributed by atoms with van der Waals surface area (Å²) in [6.07, 6.45) is -1.82. The third-order valence-electron chi connectivity index (χ3n) is 3.42. The van der Waals surface area contributed by atoms with Crippen LogP contribution in [0.25, 0.3) is 0 Å². The molecule has 0 saturated carbocycles. The smallest absolute Gasteiger partial charge is 0.462 e. The van der Waals surface area contributed by atoms with Crippen molar-refractivity contribution in [3.63, 3.8) is 0 Å². The van der Waals surface area contributed by atoms with Gasteiger partial charge in [0.2, 0.25) is 0 Å². The molecule has 1 N–H and O–H groups in total. The predicted molar refractivity (Wildman–Crippen MR) is 99.5 cm³/mol. The van der Waals surface area contributed by atoms with Gasteiger partial charge in [0.25, 0.3) is 0 Å². The molecule has 1 aromatic rings. The van der Waals surface area contributed by atoms with Gasteiger partial charge >= 0.3 is 12.2 Å². The molecule has 1 heterocycles. The molecule has 1 aliphatic heterocycles. The molecule has 10 heteroatoms. The summed E-state index contributed by atoms with van der Waals surface area (Å²) >= 11 is 5.92. The molecular formula is C17H21ClN4O5. The van der Waals surface area contributed by atoms with E-state index in [4.69, 9.17) is 21.2 Å². The summed E-state index contributed by atoms with van der Waals surface area (Å²) in [7, 11) is 0. The summed E-state index contributed by atoms with van der Waals surface area (Å²) in [5, 5.41) is 11.2. The van der Waals surface area contributed by atoms with Crippen LogP contribution in [0.4, 0.5) is 15.3 Å². The largest absolute Gasteiger partial charge is 0.506 e. The number of aromatic hydroxyl groups is 1. The van der Waals surface area contributed by atoms with Gasteiger partial charge in [0, 0.05) is 18.8 Å². The monoisotopic (exact) mass is 396 g/mol. The number of phenolic OH excluding ortho intramolecular Hbond substituents is 1. The van der Waals surface area contributed by atoms with E-state index >= 15 is 0 Å². The number of halogens is 1. The molecule has 1 fully saturated rings. The predicted octanol–water partition coefficient (Wildman–Crippen LogP) is 3.33. The Morgan fingerprint density at radius 2 is 1.78 bits per heavy atom. The van der Waals surface area contributed by atoms with E-state index in [2.05, 4.69) is 9.98 Å². The Morgan fingerprint density at radius 3 is 2.37 bits per heavy atom. The zero-order valence-corrected chi connectivity index (χ0v) is 16.1. The van der Waals surface area contributed by atoms with Crippen molar-refractivity contribution in [2.45, 2.75) is 26.4 Å². The number of benzene rings is 1. The lowest BCUT2D eigenvalue weighted by atomic mass is 10.2. The standard InChI is InChI=1S/C17H21ClN4O5/c1-17(2,3)26-15(24)19-11-20-16(25)27-22-8-6-21(7-9-22)12-4-5-14(23)13(18)10-12/h4-5,10,23H,6-9H2,1-3H3. The number of phenols is 1. The SMILES string of the molecule is CC(C)(C)OC(=O)N=C=NC(=O)ON1CCN(c2ccc(O)c(Cl)c2)CC1. The van der Waals surface area contributed by atoms with Crippen molar-refractivity contribution >= 4 is 35.5 Å². The molecule has 1 saturated heterocycles. The van der Waals surface area contributed by atoms with Gasteiger partial charge in [-0.25, -0.2) is 9.59 Å². The van der Waals surface area contributed by atoms with Crippen LogP contribution in [0, 0.1) is 0 Å². The fourth-order valence-electron chi connectivity index (χ4n) is 2.25. The lowest BCUT2D eigenvalue weighted by molar-refractivity contribution is -0.0983. The quantitative estimate of drug-likeness (QED) is 0.764. The molecule has 1 aliphatic rings. The molecule has 0 bridgehead atoms. The van der Waals surface area contributed by atoms with Crippen LogP contribution in [-0.2, 0) is 9.57 Å². The second-order valence-electron chi connectivity index (χ2n) is 6.71. The molecule has 9 nitrogen and oxygen atoms in total. The summed E-state index contributed by atoms with van der Waals surface area (Å²) in [5.74, 6) is 0.0268. The van der Waals surface area contributed by atoms with Gasteiger partial charge < -0.3 is 19.6 Å². The van der Waals surface area contributed by atoms with Crippen LogP contribution in [0.15, 0.2) is 28.2 Å². The topological polar surface area (TPSA) is 104 Å². The Kier molecular flexibility index (Phi) is 6.79. The number of carbonyl (C=O) groups is 2. The van der Waals surface area contributed by atoms with Gasteiger partial charge in [-0.15, -0.1) is 15.0 Å². The molecular weight excluding hydrogens is 376 g/mol. The average molecular weight is 397 g/mol. The minimum absolute atomic E-state index is 0.0268. The van der Waals surface area contributed by atoms with E-state index in [1.54, 1.807) is 32.9 Å². The number of nitrogens with zero attached hydrogens (tertiary/aromatic N) is 4. The summed E-state index contributed by atoms with van der Waals surface area (Å²) in [6, 6.07) is 6.94. The second-order valence-corrected chi connectivity index (χ2v) is 7.12. The summed E-state index contributed by atoms with van der Waals surface area (Å²) in [4.78, 5) is 36.7. The maximum Gasteiger partial charge on any atom is 0.462 e. The highest BCUT2D eigenvalue weighted by atomic mass is 35.5. The first-order valence-corrected chi connectivity index (χ1v) is 8.61. The number of ether oxygens (including phenoxy) is 1. The molecule has 0 radical (unpaired) electrons. The van der Waals surface area contributed by atoms with E-state index in [-0.39, 0.29) is 10.8 Å². The number of carbonyl (C=O) groups excluding carboxylic acids is 2. The van der Waals surface area contributed by atoms with E-state index in [1.807, 2.05) is 10.9 Å². The highest BCUT2D eigenvalue weighted by Crippen LogP contribution is 2.28. The summed E-state index contributed by atoms with van der Waals surface area (Å²) < 4.78 is 4.92. The van der Waals surface area contributed by atoms with Crippen LogP contribution in [0.1, 0.15) is 20.8 Å². The maximum absolute atomic E-state index is 11.6. The van der Waals surface area contributed by atoms with Crippen LogP contribution >= 0.6 is 11.6 Å². The number of aliphatic imine (C=N–C) groups is 2. The molecule has 2 amide bonds. The van der Waals surface area contributed by atoms with Crippen LogP contribution in [0.5, 0.6) is 5.75 Å². The van der Waals surface area contributed by atoms with E-state index in [1.165, 1.54) is 11.1 Å². The van der Waals surface area contributed by atoms with Crippen LogP contribution in [0.2, 0.25) is 5.02 Å². The van der Waals surface area contributed by atoms with Gasteiger partial charge in [0.05, 0.1) is 18.1 Å². The van der Waals surface area contributed by atoms with Gasteiger partial charge in [-0.1, -0.05) is 11.6 Å². The minimum atomic E-state index is -0.927. The van der Waals surface area contributed by atoms with Crippen molar-refractivity contribution < 1.29 is 24.3 Å². The third kappa shape index (κ3) is 6.90.